The zero-order valence-corrected chi connectivity index (χ0v) is 10.4. The Bertz CT molecular complexity index is 556. The fourth-order valence-electron chi connectivity index (χ4n) is 2.36. The molecule has 1 saturated heterocycles. The monoisotopic (exact) mass is 263 g/mol. The highest BCUT2D eigenvalue weighted by Gasteiger charge is 2.22. The molecule has 0 aliphatic carbocycles. The highest BCUT2D eigenvalue weighted by atomic mass is 19.1. The second kappa shape index (κ2) is 5.09. The van der Waals surface area contributed by atoms with Crippen LogP contribution in [0.2, 0.25) is 0 Å². The minimum atomic E-state index is -0.524. The Kier molecular flexibility index (Phi) is 3.29. The summed E-state index contributed by atoms with van der Waals surface area (Å²) in [6.07, 6.45) is 4.25. The molecule has 0 radical (unpaired) electrons. The molecule has 1 fully saturated rings. The van der Waals surface area contributed by atoms with Gasteiger partial charge in [0.2, 0.25) is 0 Å². The molecule has 2 heterocycles. The number of imidazole rings is 1. The summed E-state index contributed by atoms with van der Waals surface area (Å²) in [6.45, 7) is 2.63. The fraction of sp³-hybridized carbons (Fsp3) is 0.357. The first-order valence-electron chi connectivity index (χ1n) is 6.38. The van der Waals surface area contributed by atoms with Crippen molar-refractivity contribution in [2.45, 2.75) is 18.9 Å². The molecule has 0 amide bonds. The molecule has 3 rings (SSSR count). The Morgan fingerprint density at radius 3 is 2.58 bits per heavy atom. The number of aromatic nitrogens is 2. The summed E-state index contributed by atoms with van der Waals surface area (Å²) in [4.78, 5) is 4.16. The molecular weight excluding hydrogens is 248 g/mol. The van der Waals surface area contributed by atoms with Gasteiger partial charge in [-0.05, 0) is 24.1 Å². The fourth-order valence-corrected chi connectivity index (χ4v) is 2.36. The molecule has 5 heteroatoms. The van der Waals surface area contributed by atoms with E-state index in [4.69, 9.17) is 0 Å². The number of nitrogens with one attached hydrogen (secondary N) is 1. The molecule has 3 nitrogen and oxygen atoms in total. The van der Waals surface area contributed by atoms with Gasteiger partial charge in [0.05, 0.1) is 6.33 Å². The van der Waals surface area contributed by atoms with Gasteiger partial charge in [0.15, 0.2) is 0 Å². The van der Waals surface area contributed by atoms with Gasteiger partial charge in [0.1, 0.15) is 11.6 Å². The molecule has 0 atom stereocenters. The SMILES string of the molecule is Fc1cc(F)cc(CCn2cncc2C2CNC2)c1. The van der Waals surface area contributed by atoms with Crippen LogP contribution >= 0.6 is 0 Å². The van der Waals surface area contributed by atoms with E-state index in [0.717, 1.165) is 19.2 Å². The summed E-state index contributed by atoms with van der Waals surface area (Å²) >= 11 is 0. The number of halogens is 2. The van der Waals surface area contributed by atoms with Crippen molar-refractivity contribution in [1.82, 2.24) is 14.9 Å². The number of hydrogen-bond donors (Lipinski definition) is 1. The van der Waals surface area contributed by atoms with Gasteiger partial charge in [-0.3, -0.25) is 0 Å². The Labute approximate surface area is 110 Å². The zero-order valence-electron chi connectivity index (χ0n) is 10.4. The van der Waals surface area contributed by atoms with Gasteiger partial charge in [0, 0.05) is 43.5 Å². The van der Waals surface area contributed by atoms with E-state index in [1.54, 1.807) is 6.33 Å². The van der Waals surface area contributed by atoms with Gasteiger partial charge in [-0.15, -0.1) is 0 Å². The summed E-state index contributed by atoms with van der Waals surface area (Å²) in [5, 5.41) is 3.23. The van der Waals surface area contributed by atoms with Crippen LogP contribution in [0.4, 0.5) is 8.78 Å². The Balaban J connectivity index is 1.70. The topological polar surface area (TPSA) is 29.9 Å². The third-order valence-electron chi connectivity index (χ3n) is 3.51. The molecule has 0 unspecified atom stereocenters. The van der Waals surface area contributed by atoms with Crippen molar-refractivity contribution in [1.29, 1.82) is 0 Å². The van der Waals surface area contributed by atoms with Crippen molar-refractivity contribution in [2.24, 2.45) is 0 Å². The van der Waals surface area contributed by atoms with Crippen molar-refractivity contribution in [3.8, 4) is 0 Å². The van der Waals surface area contributed by atoms with E-state index in [1.165, 1.54) is 17.8 Å². The summed E-state index contributed by atoms with van der Waals surface area (Å²) < 4.78 is 28.3. The second-order valence-electron chi connectivity index (χ2n) is 4.89. The maximum Gasteiger partial charge on any atom is 0.126 e. The standard InChI is InChI=1S/C14H15F2N3/c15-12-3-10(4-13(16)5-12)1-2-19-9-18-8-14(19)11-6-17-7-11/h3-5,8-9,11,17H,1-2,6-7H2. The predicted octanol–water partition coefficient (Wildman–Crippen LogP) is 2.09. The van der Waals surface area contributed by atoms with E-state index in [9.17, 15) is 8.78 Å². The predicted molar refractivity (Wildman–Crippen MR) is 67.9 cm³/mol. The molecule has 1 aliphatic rings. The van der Waals surface area contributed by atoms with E-state index in [0.29, 0.717) is 24.4 Å². The maximum absolute atomic E-state index is 13.1. The zero-order chi connectivity index (χ0) is 13.2. The smallest absolute Gasteiger partial charge is 0.126 e. The summed E-state index contributed by atoms with van der Waals surface area (Å²) in [5.74, 6) is -0.542. The maximum atomic E-state index is 13.1. The highest BCUT2D eigenvalue weighted by Crippen LogP contribution is 2.19. The Morgan fingerprint density at radius 1 is 1.21 bits per heavy atom. The molecule has 0 saturated carbocycles. The van der Waals surface area contributed by atoms with Gasteiger partial charge in [-0.25, -0.2) is 13.8 Å². The minimum absolute atomic E-state index is 0.506. The van der Waals surface area contributed by atoms with Crippen LogP contribution in [-0.2, 0) is 13.0 Å². The highest BCUT2D eigenvalue weighted by molar-refractivity contribution is 5.18. The molecule has 100 valence electrons. The van der Waals surface area contributed by atoms with E-state index >= 15 is 0 Å². The van der Waals surface area contributed by atoms with Crippen molar-refractivity contribution in [2.75, 3.05) is 13.1 Å². The third kappa shape index (κ3) is 2.66. The molecule has 19 heavy (non-hydrogen) atoms. The van der Waals surface area contributed by atoms with Crippen molar-refractivity contribution < 1.29 is 8.78 Å². The minimum Gasteiger partial charge on any atom is -0.334 e. The largest absolute Gasteiger partial charge is 0.334 e. The quantitative estimate of drug-likeness (QED) is 0.915. The number of nitrogens with zero attached hydrogens (tertiary/aromatic N) is 2. The lowest BCUT2D eigenvalue weighted by molar-refractivity contribution is 0.423. The molecule has 1 aliphatic heterocycles. The molecule has 2 aromatic rings. The van der Waals surface area contributed by atoms with Gasteiger partial charge < -0.3 is 9.88 Å². The van der Waals surface area contributed by atoms with Gasteiger partial charge in [-0.1, -0.05) is 0 Å². The van der Waals surface area contributed by atoms with Crippen LogP contribution in [0.1, 0.15) is 17.2 Å². The molecule has 0 spiro atoms. The first-order chi connectivity index (χ1) is 9.22. The van der Waals surface area contributed by atoms with Crippen LogP contribution in [0.3, 0.4) is 0 Å². The van der Waals surface area contributed by atoms with E-state index < -0.39 is 11.6 Å². The number of benzene rings is 1. The van der Waals surface area contributed by atoms with Crippen LogP contribution in [0, 0.1) is 11.6 Å². The lowest BCUT2D eigenvalue weighted by atomic mass is 10.00. The molecule has 1 N–H and O–H groups in total. The van der Waals surface area contributed by atoms with Crippen molar-refractivity contribution >= 4 is 0 Å². The van der Waals surface area contributed by atoms with Crippen LogP contribution in [0.25, 0.3) is 0 Å². The van der Waals surface area contributed by atoms with Crippen molar-refractivity contribution in [3.05, 3.63) is 53.6 Å². The van der Waals surface area contributed by atoms with Crippen LogP contribution in [-0.4, -0.2) is 22.6 Å². The average molecular weight is 263 g/mol. The third-order valence-corrected chi connectivity index (χ3v) is 3.51. The van der Waals surface area contributed by atoms with Gasteiger partial charge in [-0.2, -0.15) is 0 Å². The average Bonchev–Trinajstić information content (AvgIpc) is 2.71. The van der Waals surface area contributed by atoms with Gasteiger partial charge >= 0.3 is 0 Å². The molecule has 1 aromatic carbocycles. The summed E-state index contributed by atoms with van der Waals surface area (Å²) in [5.41, 5.74) is 1.86. The van der Waals surface area contributed by atoms with Gasteiger partial charge in [0.25, 0.3) is 0 Å². The Morgan fingerprint density at radius 2 is 1.95 bits per heavy atom. The normalized spacial score (nSPS) is 15.5. The van der Waals surface area contributed by atoms with E-state index in [1.807, 2.05) is 6.20 Å². The first kappa shape index (κ1) is 12.3. The summed E-state index contributed by atoms with van der Waals surface area (Å²) in [6, 6.07) is 3.65. The lowest BCUT2D eigenvalue weighted by Crippen LogP contribution is -2.40. The number of hydrogen-bond acceptors (Lipinski definition) is 2. The Hall–Kier alpha value is -1.75. The lowest BCUT2D eigenvalue weighted by Gasteiger charge is -2.27. The molecule has 0 bridgehead atoms. The summed E-state index contributed by atoms with van der Waals surface area (Å²) in [7, 11) is 0. The molecular formula is C14H15F2N3. The first-order valence-corrected chi connectivity index (χ1v) is 6.38. The van der Waals surface area contributed by atoms with Crippen LogP contribution in [0.15, 0.2) is 30.7 Å². The van der Waals surface area contributed by atoms with E-state index in [-0.39, 0.29) is 0 Å². The number of aryl methyl sites for hydroxylation is 2. The number of rotatable bonds is 4. The molecule has 1 aromatic heterocycles. The van der Waals surface area contributed by atoms with Crippen molar-refractivity contribution in [3.63, 3.8) is 0 Å². The van der Waals surface area contributed by atoms with E-state index in [2.05, 4.69) is 14.9 Å². The van der Waals surface area contributed by atoms with Crippen LogP contribution < -0.4 is 5.32 Å². The van der Waals surface area contributed by atoms with Crippen LogP contribution in [0.5, 0.6) is 0 Å². The second-order valence-corrected chi connectivity index (χ2v) is 4.89.